The van der Waals surface area contributed by atoms with Gasteiger partial charge in [0.1, 0.15) is 0 Å². The van der Waals surface area contributed by atoms with E-state index in [0.717, 1.165) is 6.42 Å². The summed E-state index contributed by atoms with van der Waals surface area (Å²) < 4.78 is 0. The van der Waals surface area contributed by atoms with E-state index in [4.69, 9.17) is 5.73 Å². The van der Waals surface area contributed by atoms with Crippen LogP contribution in [0.2, 0.25) is 0 Å². The zero-order valence-corrected chi connectivity index (χ0v) is 14.0. The molecular formula is C15H33N3O. The minimum atomic E-state index is -0.582. The molecule has 0 radical (unpaired) electrons. The van der Waals surface area contributed by atoms with Crippen LogP contribution in [0, 0.1) is 11.3 Å². The summed E-state index contributed by atoms with van der Waals surface area (Å²) in [7, 11) is 4.11. The maximum Gasteiger partial charge on any atom is 0.227 e. The quantitative estimate of drug-likeness (QED) is 0.743. The number of likely N-dealkylation sites (N-methyl/N-ethyl adjacent to an activating group) is 1. The fourth-order valence-corrected chi connectivity index (χ4v) is 1.74. The van der Waals surface area contributed by atoms with Crippen molar-refractivity contribution in [3.63, 3.8) is 0 Å². The van der Waals surface area contributed by atoms with E-state index in [2.05, 4.69) is 38.2 Å². The fourth-order valence-electron chi connectivity index (χ4n) is 1.74. The topological polar surface area (TPSA) is 58.4 Å². The summed E-state index contributed by atoms with van der Waals surface area (Å²) in [6, 6.07) is 0.362. The molecule has 0 aliphatic rings. The number of carbonyl (C=O) groups is 1. The van der Waals surface area contributed by atoms with E-state index in [-0.39, 0.29) is 5.91 Å². The zero-order chi connectivity index (χ0) is 15.4. The molecule has 0 saturated heterocycles. The van der Waals surface area contributed by atoms with E-state index in [0.29, 0.717) is 18.5 Å². The third-order valence-corrected chi connectivity index (χ3v) is 4.15. The average Bonchev–Trinajstić information content (AvgIpc) is 2.20. The van der Waals surface area contributed by atoms with Crippen molar-refractivity contribution in [3.8, 4) is 0 Å². The molecule has 0 heterocycles. The molecule has 0 aliphatic carbocycles. The van der Waals surface area contributed by atoms with Crippen molar-refractivity contribution in [2.45, 2.75) is 59.5 Å². The van der Waals surface area contributed by atoms with Crippen LogP contribution in [0.25, 0.3) is 0 Å². The smallest absolute Gasteiger partial charge is 0.227 e. The van der Waals surface area contributed by atoms with Gasteiger partial charge in [-0.1, -0.05) is 13.8 Å². The van der Waals surface area contributed by atoms with E-state index in [1.807, 2.05) is 27.7 Å². The first kappa shape index (κ1) is 18.4. The summed E-state index contributed by atoms with van der Waals surface area (Å²) in [5, 5.41) is 3.06. The summed E-state index contributed by atoms with van der Waals surface area (Å²) in [5.41, 5.74) is 4.97. The highest BCUT2D eigenvalue weighted by Crippen LogP contribution is 2.28. The Hall–Kier alpha value is -0.610. The van der Waals surface area contributed by atoms with Crippen LogP contribution >= 0.6 is 0 Å². The minimum absolute atomic E-state index is 0.0237. The van der Waals surface area contributed by atoms with Crippen molar-refractivity contribution in [2.24, 2.45) is 17.1 Å². The van der Waals surface area contributed by atoms with Crippen molar-refractivity contribution in [3.05, 3.63) is 0 Å². The van der Waals surface area contributed by atoms with Crippen LogP contribution in [-0.4, -0.2) is 43.0 Å². The molecule has 0 spiro atoms. The van der Waals surface area contributed by atoms with Gasteiger partial charge in [-0.15, -0.1) is 0 Å². The molecule has 4 nitrogen and oxygen atoms in total. The van der Waals surface area contributed by atoms with Crippen LogP contribution in [0.5, 0.6) is 0 Å². The van der Waals surface area contributed by atoms with Crippen molar-refractivity contribution in [2.75, 3.05) is 20.6 Å². The normalized spacial score (nSPS) is 14.9. The largest absolute Gasteiger partial charge is 0.354 e. The molecule has 0 fully saturated rings. The molecule has 19 heavy (non-hydrogen) atoms. The number of nitrogens with two attached hydrogens (primary N) is 1. The standard InChI is InChI=1S/C15H33N3O/c1-11(2)9-12(18(7)8)10-17-13(19)14(3,4)15(5,6)16/h11-12H,9-10,16H2,1-8H3,(H,17,19). The van der Waals surface area contributed by atoms with Gasteiger partial charge in [0, 0.05) is 18.1 Å². The lowest BCUT2D eigenvalue weighted by Crippen LogP contribution is -2.56. The Morgan fingerprint density at radius 1 is 1.21 bits per heavy atom. The van der Waals surface area contributed by atoms with Crippen molar-refractivity contribution in [1.29, 1.82) is 0 Å². The Morgan fingerprint density at radius 3 is 2.00 bits per heavy atom. The molecule has 0 aromatic heterocycles. The van der Waals surface area contributed by atoms with Gasteiger partial charge in [0.2, 0.25) is 5.91 Å². The van der Waals surface area contributed by atoms with Gasteiger partial charge in [-0.3, -0.25) is 4.79 Å². The highest BCUT2D eigenvalue weighted by Gasteiger charge is 2.40. The summed E-state index contributed by atoms with van der Waals surface area (Å²) in [6.45, 7) is 12.7. The van der Waals surface area contributed by atoms with Gasteiger partial charge in [-0.2, -0.15) is 0 Å². The summed E-state index contributed by atoms with van der Waals surface area (Å²) in [5.74, 6) is 0.638. The Bertz CT molecular complexity index is 290. The summed E-state index contributed by atoms with van der Waals surface area (Å²) >= 11 is 0. The molecule has 1 amide bonds. The molecular weight excluding hydrogens is 238 g/mol. The molecule has 0 aliphatic heterocycles. The van der Waals surface area contributed by atoms with Crippen molar-refractivity contribution >= 4 is 5.91 Å². The first-order valence-electron chi connectivity index (χ1n) is 7.13. The second-order valence-electron chi connectivity index (χ2n) is 7.30. The fraction of sp³-hybridized carbons (Fsp3) is 0.933. The van der Waals surface area contributed by atoms with E-state index in [9.17, 15) is 4.79 Å². The third-order valence-electron chi connectivity index (χ3n) is 4.15. The van der Waals surface area contributed by atoms with Crippen LogP contribution < -0.4 is 11.1 Å². The number of rotatable bonds is 7. The van der Waals surface area contributed by atoms with Gasteiger partial charge in [0.05, 0.1) is 5.41 Å². The maximum absolute atomic E-state index is 12.3. The van der Waals surface area contributed by atoms with Gasteiger partial charge in [-0.25, -0.2) is 0 Å². The van der Waals surface area contributed by atoms with Gasteiger partial charge in [-0.05, 0) is 54.1 Å². The number of hydrogen-bond acceptors (Lipinski definition) is 3. The number of hydrogen-bond donors (Lipinski definition) is 2. The minimum Gasteiger partial charge on any atom is -0.354 e. The molecule has 3 N–H and O–H groups in total. The number of nitrogens with one attached hydrogen (secondary N) is 1. The summed E-state index contributed by atoms with van der Waals surface area (Å²) in [4.78, 5) is 14.5. The maximum atomic E-state index is 12.3. The zero-order valence-electron chi connectivity index (χ0n) is 14.0. The van der Waals surface area contributed by atoms with Crippen LogP contribution in [0.4, 0.5) is 0 Å². The number of nitrogens with zero attached hydrogens (tertiary/aromatic N) is 1. The van der Waals surface area contributed by atoms with Gasteiger partial charge < -0.3 is 16.0 Å². The Kier molecular flexibility index (Phi) is 6.49. The third kappa shape index (κ3) is 5.49. The predicted molar refractivity (Wildman–Crippen MR) is 82.0 cm³/mol. The lowest BCUT2D eigenvalue weighted by Gasteiger charge is -2.37. The second-order valence-corrected chi connectivity index (χ2v) is 7.30. The van der Waals surface area contributed by atoms with Gasteiger partial charge in [0.15, 0.2) is 0 Å². The molecule has 0 aromatic rings. The van der Waals surface area contributed by atoms with Crippen LogP contribution in [0.3, 0.4) is 0 Å². The van der Waals surface area contributed by atoms with Crippen LogP contribution in [0.1, 0.15) is 48.0 Å². The molecule has 114 valence electrons. The van der Waals surface area contributed by atoms with Crippen molar-refractivity contribution < 1.29 is 4.79 Å². The first-order valence-corrected chi connectivity index (χ1v) is 7.13. The molecule has 0 saturated carbocycles. The molecule has 0 aromatic carbocycles. The molecule has 0 rings (SSSR count). The SMILES string of the molecule is CC(C)CC(CNC(=O)C(C)(C)C(C)(C)N)N(C)C. The molecule has 4 heteroatoms. The lowest BCUT2D eigenvalue weighted by molar-refractivity contribution is -0.132. The van der Waals surface area contributed by atoms with Crippen LogP contribution in [-0.2, 0) is 4.79 Å². The number of amides is 1. The van der Waals surface area contributed by atoms with E-state index >= 15 is 0 Å². The van der Waals surface area contributed by atoms with Gasteiger partial charge >= 0.3 is 0 Å². The van der Waals surface area contributed by atoms with Crippen molar-refractivity contribution in [1.82, 2.24) is 10.2 Å². The monoisotopic (exact) mass is 271 g/mol. The Labute approximate surface area is 119 Å². The lowest BCUT2D eigenvalue weighted by atomic mass is 9.74. The first-order chi connectivity index (χ1) is 8.39. The summed E-state index contributed by atoms with van der Waals surface area (Å²) in [6.07, 6.45) is 1.07. The highest BCUT2D eigenvalue weighted by atomic mass is 16.2. The van der Waals surface area contributed by atoms with E-state index in [1.54, 1.807) is 0 Å². The average molecular weight is 271 g/mol. The molecule has 1 atom stereocenters. The van der Waals surface area contributed by atoms with E-state index < -0.39 is 11.0 Å². The predicted octanol–water partition coefficient (Wildman–Crippen LogP) is 1.84. The Morgan fingerprint density at radius 2 is 1.68 bits per heavy atom. The Balaban J connectivity index is 4.57. The van der Waals surface area contributed by atoms with E-state index in [1.165, 1.54) is 0 Å². The molecule has 1 unspecified atom stereocenters. The molecule has 0 bridgehead atoms. The highest BCUT2D eigenvalue weighted by molar-refractivity contribution is 5.83. The van der Waals surface area contributed by atoms with Gasteiger partial charge in [0.25, 0.3) is 0 Å². The second kappa shape index (κ2) is 6.71. The van der Waals surface area contributed by atoms with Crippen LogP contribution in [0.15, 0.2) is 0 Å². The number of carbonyl (C=O) groups excluding carboxylic acids is 1.